The van der Waals surface area contributed by atoms with Crippen molar-refractivity contribution in [1.82, 2.24) is 20.6 Å². The highest BCUT2D eigenvalue weighted by molar-refractivity contribution is 5.80. The molecule has 0 radical (unpaired) electrons. The van der Waals surface area contributed by atoms with Crippen LogP contribution in [0.25, 0.3) is 0 Å². The first kappa shape index (κ1) is 19.9. The predicted molar refractivity (Wildman–Crippen MR) is 108 cm³/mol. The second-order valence-corrected chi connectivity index (χ2v) is 6.98. The average molecular weight is 386 g/mol. The van der Waals surface area contributed by atoms with E-state index in [1.54, 1.807) is 25.5 Å². The molecule has 1 fully saturated rings. The summed E-state index contributed by atoms with van der Waals surface area (Å²) in [6, 6.07) is 7.06. The van der Waals surface area contributed by atoms with Crippen LogP contribution in [-0.4, -0.2) is 48.2 Å². The van der Waals surface area contributed by atoms with Gasteiger partial charge in [-0.05, 0) is 38.0 Å². The van der Waals surface area contributed by atoms with E-state index < -0.39 is 0 Å². The largest absolute Gasteiger partial charge is 0.475 e. The molecular weight excluding hydrogens is 359 g/mol. The molecule has 8 heteroatoms. The Morgan fingerprint density at radius 1 is 1.36 bits per heavy atom. The number of pyridine rings is 2. The molecule has 0 bridgehead atoms. The number of nitrogens with zero attached hydrogens (tertiary/aromatic N) is 4. The van der Waals surface area contributed by atoms with Gasteiger partial charge in [-0.25, -0.2) is 14.4 Å². The quantitative estimate of drug-likeness (QED) is 0.586. The van der Waals surface area contributed by atoms with Gasteiger partial charge in [0.25, 0.3) is 0 Å². The van der Waals surface area contributed by atoms with E-state index >= 15 is 0 Å². The van der Waals surface area contributed by atoms with Gasteiger partial charge in [0.2, 0.25) is 5.88 Å². The van der Waals surface area contributed by atoms with Crippen LogP contribution in [0.2, 0.25) is 0 Å². The zero-order chi connectivity index (χ0) is 19.9. The molecule has 150 valence electrons. The fourth-order valence-electron chi connectivity index (χ4n) is 3.08. The number of anilines is 1. The highest BCUT2D eigenvalue weighted by Gasteiger charge is 2.25. The first-order chi connectivity index (χ1) is 13.5. The van der Waals surface area contributed by atoms with E-state index in [2.05, 4.69) is 25.6 Å². The monoisotopic (exact) mass is 386 g/mol. The van der Waals surface area contributed by atoms with Crippen molar-refractivity contribution >= 4 is 11.8 Å². The van der Waals surface area contributed by atoms with Crippen molar-refractivity contribution in [1.29, 1.82) is 0 Å². The van der Waals surface area contributed by atoms with E-state index in [1.807, 2.05) is 30.9 Å². The highest BCUT2D eigenvalue weighted by atomic mass is 19.1. The van der Waals surface area contributed by atoms with E-state index in [0.717, 1.165) is 18.5 Å². The lowest BCUT2D eigenvalue weighted by atomic mass is 10.2. The Morgan fingerprint density at radius 2 is 2.21 bits per heavy atom. The van der Waals surface area contributed by atoms with Crippen LogP contribution < -0.4 is 20.3 Å². The third-order valence-corrected chi connectivity index (χ3v) is 4.41. The van der Waals surface area contributed by atoms with Crippen LogP contribution in [0.4, 0.5) is 10.2 Å². The summed E-state index contributed by atoms with van der Waals surface area (Å²) in [7, 11) is 1.73. The van der Waals surface area contributed by atoms with Gasteiger partial charge >= 0.3 is 0 Å². The summed E-state index contributed by atoms with van der Waals surface area (Å²) < 4.78 is 19.5. The standard InChI is InChI=1S/C20H27FN6O/c1-14(2)28-18-7-6-15(11-24-18)12-25-20(22-3)26-16-8-10-27(13-16)19-17(21)5-4-9-23-19/h4-7,9,11,14,16H,8,10,12-13H2,1-3H3,(H2,22,25,26). The molecule has 1 atom stereocenters. The molecule has 0 spiro atoms. The minimum Gasteiger partial charge on any atom is -0.475 e. The van der Waals surface area contributed by atoms with Crippen molar-refractivity contribution < 1.29 is 9.13 Å². The molecule has 3 rings (SSSR count). The SMILES string of the molecule is CN=C(NCc1ccc(OC(C)C)nc1)NC1CCN(c2ncccc2F)C1. The molecule has 2 aromatic rings. The Labute approximate surface area is 165 Å². The summed E-state index contributed by atoms with van der Waals surface area (Å²) in [5.74, 6) is 1.44. The van der Waals surface area contributed by atoms with Crippen LogP contribution in [0.5, 0.6) is 5.88 Å². The van der Waals surface area contributed by atoms with E-state index in [0.29, 0.717) is 30.7 Å². The van der Waals surface area contributed by atoms with Gasteiger partial charge in [0.1, 0.15) is 0 Å². The Bertz CT molecular complexity index is 796. The predicted octanol–water partition coefficient (Wildman–Crippen LogP) is 2.35. The summed E-state index contributed by atoms with van der Waals surface area (Å²) >= 11 is 0. The van der Waals surface area contributed by atoms with Gasteiger partial charge < -0.3 is 20.3 Å². The van der Waals surface area contributed by atoms with Gasteiger partial charge in [0.15, 0.2) is 17.6 Å². The van der Waals surface area contributed by atoms with Gasteiger partial charge in [-0.15, -0.1) is 0 Å². The average Bonchev–Trinajstić information content (AvgIpc) is 3.14. The molecular formula is C20H27FN6O. The van der Waals surface area contributed by atoms with Crippen LogP contribution in [0.15, 0.2) is 41.7 Å². The number of hydrogen-bond acceptors (Lipinski definition) is 5. The third kappa shape index (κ3) is 5.31. The Hall–Kier alpha value is -2.90. The third-order valence-electron chi connectivity index (χ3n) is 4.41. The fraction of sp³-hybridized carbons (Fsp3) is 0.450. The molecule has 0 aromatic carbocycles. The van der Waals surface area contributed by atoms with Crippen molar-refractivity contribution in [3.05, 3.63) is 48.0 Å². The number of guanidine groups is 1. The first-order valence-corrected chi connectivity index (χ1v) is 9.49. The zero-order valence-electron chi connectivity index (χ0n) is 16.5. The molecule has 0 amide bonds. The fourth-order valence-corrected chi connectivity index (χ4v) is 3.08. The maximum atomic E-state index is 13.9. The van der Waals surface area contributed by atoms with E-state index in [-0.39, 0.29) is 18.0 Å². The molecule has 1 unspecified atom stereocenters. The van der Waals surface area contributed by atoms with Gasteiger partial charge in [0.05, 0.1) is 6.10 Å². The minimum absolute atomic E-state index is 0.102. The van der Waals surface area contributed by atoms with Gasteiger partial charge in [-0.3, -0.25) is 4.99 Å². The molecule has 7 nitrogen and oxygen atoms in total. The molecule has 2 N–H and O–H groups in total. The number of nitrogens with one attached hydrogen (secondary N) is 2. The summed E-state index contributed by atoms with van der Waals surface area (Å²) in [5.41, 5.74) is 1.03. The Morgan fingerprint density at radius 3 is 2.89 bits per heavy atom. The number of ether oxygens (including phenoxy) is 1. The summed E-state index contributed by atoms with van der Waals surface area (Å²) in [4.78, 5) is 14.7. The van der Waals surface area contributed by atoms with Crippen LogP contribution in [0.1, 0.15) is 25.8 Å². The summed E-state index contributed by atoms with van der Waals surface area (Å²) in [6.45, 7) is 5.97. The van der Waals surface area contributed by atoms with E-state index in [9.17, 15) is 4.39 Å². The van der Waals surface area contributed by atoms with E-state index in [1.165, 1.54) is 6.07 Å². The van der Waals surface area contributed by atoms with Crippen LogP contribution in [-0.2, 0) is 6.54 Å². The van der Waals surface area contributed by atoms with Crippen LogP contribution in [0, 0.1) is 5.82 Å². The van der Waals surface area contributed by atoms with Crippen molar-refractivity contribution in [3.8, 4) is 5.88 Å². The second kappa shape index (κ2) is 9.34. The molecule has 28 heavy (non-hydrogen) atoms. The van der Waals surface area contributed by atoms with Crippen LogP contribution >= 0.6 is 0 Å². The summed E-state index contributed by atoms with van der Waals surface area (Å²) in [5, 5.41) is 6.68. The second-order valence-electron chi connectivity index (χ2n) is 6.98. The topological polar surface area (TPSA) is 74.7 Å². The van der Waals surface area contributed by atoms with Crippen molar-refractivity contribution in [2.45, 2.75) is 39.0 Å². The lowest BCUT2D eigenvalue weighted by molar-refractivity contribution is 0.232. The van der Waals surface area contributed by atoms with Gasteiger partial charge in [-0.1, -0.05) is 6.07 Å². The van der Waals surface area contributed by atoms with Gasteiger partial charge in [-0.2, -0.15) is 0 Å². The molecule has 2 aromatic heterocycles. The first-order valence-electron chi connectivity index (χ1n) is 9.49. The van der Waals surface area contributed by atoms with Gasteiger partial charge in [0, 0.05) is 51.2 Å². The zero-order valence-corrected chi connectivity index (χ0v) is 16.5. The number of halogens is 1. The molecule has 1 saturated heterocycles. The molecule has 0 aliphatic carbocycles. The smallest absolute Gasteiger partial charge is 0.213 e. The number of aliphatic imine (C=N–C) groups is 1. The molecule has 0 saturated carbocycles. The maximum absolute atomic E-state index is 13.9. The highest BCUT2D eigenvalue weighted by Crippen LogP contribution is 2.20. The van der Waals surface area contributed by atoms with Crippen molar-refractivity contribution in [2.24, 2.45) is 4.99 Å². The lowest BCUT2D eigenvalue weighted by Crippen LogP contribution is -2.44. The Kier molecular flexibility index (Phi) is 6.62. The maximum Gasteiger partial charge on any atom is 0.213 e. The normalized spacial score (nSPS) is 17.1. The summed E-state index contributed by atoms with van der Waals surface area (Å²) in [6.07, 6.45) is 4.40. The number of aromatic nitrogens is 2. The number of hydrogen-bond donors (Lipinski definition) is 2. The number of rotatable bonds is 6. The van der Waals surface area contributed by atoms with E-state index in [4.69, 9.17) is 4.74 Å². The molecule has 1 aliphatic rings. The minimum atomic E-state index is -0.289. The van der Waals surface area contributed by atoms with Crippen molar-refractivity contribution in [3.63, 3.8) is 0 Å². The molecule has 3 heterocycles. The lowest BCUT2D eigenvalue weighted by Gasteiger charge is -2.20. The van der Waals surface area contributed by atoms with Crippen molar-refractivity contribution in [2.75, 3.05) is 25.0 Å². The molecule has 1 aliphatic heterocycles. The van der Waals surface area contributed by atoms with Crippen LogP contribution in [0.3, 0.4) is 0 Å². The Balaban J connectivity index is 1.49.